The molecule has 0 aromatic heterocycles. The van der Waals surface area contributed by atoms with Gasteiger partial charge in [0.25, 0.3) is 5.91 Å². The molecule has 1 aromatic rings. The van der Waals surface area contributed by atoms with Crippen LogP contribution in [-0.2, 0) is 15.1 Å². The third-order valence-corrected chi connectivity index (χ3v) is 5.62. The Bertz CT molecular complexity index is 812. The van der Waals surface area contributed by atoms with E-state index in [1.807, 2.05) is 6.92 Å². The van der Waals surface area contributed by atoms with Gasteiger partial charge in [-0.3, -0.25) is 14.5 Å². The number of nitrogens with one attached hydrogen (secondary N) is 1. The van der Waals surface area contributed by atoms with Crippen molar-refractivity contribution in [2.75, 3.05) is 26.2 Å². The van der Waals surface area contributed by atoms with E-state index in [-0.39, 0.29) is 12.5 Å². The van der Waals surface area contributed by atoms with E-state index in [1.54, 1.807) is 36.1 Å². The maximum Gasteiger partial charge on any atom is 0.325 e. The highest BCUT2D eigenvalue weighted by Gasteiger charge is 2.49. The predicted octanol–water partition coefficient (Wildman–Crippen LogP) is 2.67. The molecule has 1 aromatic carbocycles. The summed E-state index contributed by atoms with van der Waals surface area (Å²) in [4.78, 5) is 40.9. The highest BCUT2D eigenvalue weighted by atomic mass is 16.5. The molecule has 2 aliphatic heterocycles. The smallest absolute Gasteiger partial charge is 0.325 e. The van der Waals surface area contributed by atoms with E-state index in [9.17, 15) is 14.4 Å². The summed E-state index contributed by atoms with van der Waals surface area (Å²) in [5.74, 6) is 0.648. The van der Waals surface area contributed by atoms with Crippen molar-refractivity contribution in [3.8, 4) is 5.75 Å². The first kappa shape index (κ1) is 20.9. The summed E-state index contributed by atoms with van der Waals surface area (Å²) < 4.78 is 5.58. The average molecular weight is 399 g/mol. The molecule has 2 aliphatic rings. The Kier molecular flexibility index (Phi) is 5.96. The molecule has 2 fully saturated rings. The van der Waals surface area contributed by atoms with Crippen LogP contribution >= 0.6 is 0 Å². The summed E-state index contributed by atoms with van der Waals surface area (Å²) >= 11 is 0. The maximum atomic E-state index is 13.0. The molecule has 2 heterocycles. The number of amides is 4. The Morgan fingerprint density at radius 3 is 2.45 bits per heavy atom. The van der Waals surface area contributed by atoms with Gasteiger partial charge in [0.2, 0.25) is 5.91 Å². The van der Waals surface area contributed by atoms with E-state index < -0.39 is 17.5 Å². The molecule has 0 spiro atoms. The number of hydrogen-bond acceptors (Lipinski definition) is 4. The summed E-state index contributed by atoms with van der Waals surface area (Å²) in [6, 6.07) is 6.48. The van der Waals surface area contributed by atoms with Gasteiger partial charge >= 0.3 is 6.03 Å². The number of nitrogens with zero attached hydrogens (tertiary/aromatic N) is 2. The van der Waals surface area contributed by atoms with Crippen molar-refractivity contribution in [1.82, 2.24) is 15.1 Å². The Morgan fingerprint density at radius 2 is 1.86 bits per heavy atom. The zero-order chi connectivity index (χ0) is 21.2. The molecule has 4 amide bonds. The average Bonchev–Trinajstić information content (AvgIpc) is 2.91. The summed E-state index contributed by atoms with van der Waals surface area (Å²) in [6.07, 6.45) is 1.90. The topological polar surface area (TPSA) is 79.0 Å². The van der Waals surface area contributed by atoms with Crippen molar-refractivity contribution in [2.45, 2.75) is 39.2 Å². The van der Waals surface area contributed by atoms with Crippen LogP contribution in [0.15, 0.2) is 36.4 Å². The largest absolute Gasteiger partial charge is 0.489 e. The highest BCUT2D eigenvalue weighted by Crippen LogP contribution is 2.30. The summed E-state index contributed by atoms with van der Waals surface area (Å²) in [5, 5.41) is 2.74. The van der Waals surface area contributed by atoms with E-state index in [2.05, 4.69) is 18.8 Å². The number of benzene rings is 1. The summed E-state index contributed by atoms with van der Waals surface area (Å²) in [6.45, 7) is 11.0. The SMILES string of the molecule is C=C(C)COc1ccc(C2(C)NC(=O)N(CC(=O)N3CCC(C)CC3)C2=O)cc1. The molecule has 7 nitrogen and oxygen atoms in total. The normalized spacial score (nSPS) is 22.6. The number of likely N-dealkylation sites (tertiary alicyclic amines) is 1. The number of urea groups is 1. The third kappa shape index (κ3) is 4.44. The second-order valence-corrected chi connectivity index (χ2v) is 8.28. The molecule has 3 rings (SSSR count). The Balaban J connectivity index is 1.68. The number of carbonyl (C=O) groups is 3. The van der Waals surface area contributed by atoms with Gasteiger partial charge < -0.3 is 15.0 Å². The minimum atomic E-state index is -1.21. The van der Waals surface area contributed by atoms with Crippen LogP contribution in [0.4, 0.5) is 4.79 Å². The van der Waals surface area contributed by atoms with Gasteiger partial charge in [-0.15, -0.1) is 0 Å². The summed E-state index contributed by atoms with van der Waals surface area (Å²) in [5.41, 5.74) is 0.337. The van der Waals surface area contributed by atoms with Crippen LogP contribution in [0.1, 0.15) is 39.2 Å². The van der Waals surface area contributed by atoms with Crippen LogP contribution in [0.2, 0.25) is 0 Å². The number of hydrogen-bond donors (Lipinski definition) is 1. The summed E-state index contributed by atoms with van der Waals surface area (Å²) in [7, 11) is 0. The Hall–Kier alpha value is -2.83. The second-order valence-electron chi connectivity index (χ2n) is 8.28. The maximum absolute atomic E-state index is 13.0. The standard InChI is InChI=1S/C22H29N3O4/c1-15(2)14-29-18-7-5-17(6-8-18)22(4)20(27)25(21(28)23-22)13-19(26)24-11-9-16(3)10-12-24/h5-8,16H,1,9-14H2,2-4H3,(H,23,28). The van der Waals surface area contributed by atoms with Gasteiger partial charge in [-0.05, 0) is 55.9 Å². The lowest BCUT2D eigenvalue weighted by atomic mass is 9.92. The van der Waals surface area contributed by atoms with Crippen LogP contribution in [0.25, 0.3) is 0 Å². The number of ether oxygens (including phenoxy) is 1. The van der Waals surface area contributed by atoms with Crippen molar-refractivity contribution in [3.63, 3.8) is 0 Å². The minimum Gasteiger partial charge on any atom is -0.489 e. The first-order chi connectivity index (χ1) is 13.7. The molecule has 1 N–H and O–H groups in total. The number of piperidine rings is 1. The van der Waals surface area contributed by atoms with Gasteiger partial charge in [0.1, 0.15) is 24.4 Å². The van der Waals surface area contributed by atoms with Gasteiger partial charge in [-0.25, -0.2) is 4.79 Å². The van der Waals surface area contributed by atoms with Crippen LogP contribution in [0.5, 0.6) is 5.75 Å². The Labute approximate surface area is 171 Å². The first-order valence-corrected chi connectivity index (χ1v) is 10.0. The van der Waals surface area contributed by atoms with Gasteiger partial charge in [-0.1, -0.05) is 25.6 Å². The molecule has 156 valence electrons. The van der Waals surface area contributed by atoms with E-state index in [0.29, 0.717) is 36.9 Å². The van der Waals surface area contributed by atoms with Crippen LogP contribution in [0, 0.1) is 5.92 Å². The highest BCUT2D eigenvalue weighted by molar-refractivity contribution is 6.09. The molecule has 0 radical (unpaired) electrons. The molecule has 0 bridgehead atoms. The number of rotatable bonds is 6. The first-order valence-electron chi connectivity index (χ1n) is 10.0. The Morgan fingerprint density at radius 1 is 1.24 bits per heavy atom. The quantitative estimate of drug-likeness (QED) is 0.589. The second kappa shape index (κ2) is 8.27. The fourth-order valence-electron chi connectivity index (χ4n) is 3.62. The van der Waals surface area contributed by atoms with E-state index in [1.165, 1.54) is 0 Å². The van der Waals surface area contributed by atoms with Crippen molar-refractivity contribution in [3.05, 3.63) is 42.0 Å². The fraction of sp³-hybridized carbons (Fsp3) is 0.500. The van der Waals surface area contributed by atoms with Crippen LogP contribution < -0.4 is 10.1 Å². The zero-order valence-electron chi connectivity index (χ0n) is 17.4. The molecular weight excluding hydrogens is 370 g/mol. The van der Waals surface area contributed by atoms with E-state index in [0.717, 1.165) is 23.3 Å². The molecular formula is C22H29N3O4. The fourth-order valence-corrected chi connectivity index (χ4v) is 3.62. The van der Waals surface area contributed by atoms with Crippen molar-refractivity contribution < 1.29 is 19.1 Å². The van der Waals surface area contributed by atoms with Gasteiger partial charge in [0.05, 0.1) is 0 Å². The molecule has 2 saturated heterocycles. The van der Waals surface area contributed by atoms with Gasteiger partial charge in [0.15, 0.2) is 0 Å². The van der Waals surface area contributed by atoms with Crippen LogP contribution in [0.3, 0.4) is 0 Å². The molecule has 1 atom stereocenters. The van der Waals surface area contributed by atoms with Crippen molar-refractivity contribution in [1.29, 1.82) is 0 Å². The lowest BCUT2D eigenvalue weighted by Gasteiger charge is -2.31. The molecule has 1 unspecified atom stereocenters. The van der Waals surface area contributed by atoms with Crippen molar-refractivity contribution in [2.24, 2.45) is 5.92 Å². The third-order valence-electron chi connectivity index (χ3n) is 5.62. The molecule has 7 heteroatoms. The lowest BCUT2D eigenvalue weighted by Crippen LogP contribution is -2.46. The number of imide groups is 1. The predicted molar refractivity (Wildman–Crippen MR) is 109 cm³/mol. The zero-order valence-corrected chi connectivity index (χ0v) is 17.4. The molecule has 0 saturated carbocycles. The molecule has 29 heavy (non-hydrogen) atoms. The van der Waals surface area contributed by atoms with Crippen molar-refractivity contribution >= 4 is 17.8 Å². The van der Waals surface area contributed by atoms with Gasteiger partial charge in [-0.2, -0.15) is 0 Å². The number of carbonyl (C=O) groups excluding carboxylic acids is 3. The monoisotopic (exact) mass is 399 g/mol. The van der Waals surface area contributed by atoms with Crippen LogP contribution in [-0.4, -0.2) is 53.9 Å². The van der Waals surface area contributed by atoms with E-state index >= 15 is 0 Å². The van der Waals surface area contributed by atoms with E-state index in [4.69, 9.17) is 4.74 Å². The minimum absolute atomic E-state index is 0.187. The molecule has 0 aliphatic carbocycles. The lowest BCUT2D eigenvalue weighted by molar-refractivity contribution is -0.139. The van der Waals surface area contributed by atoms with Gasteiger partial charge in [0, 0.05) is 13.1 Å².